The van der Waals surface area contributed by atoms with Gasteiger partial charge in [-0.1, -0.05) is 42.5 Å². The molecule has 0 fully saturated rings. The van der Waals surface area contributed by atoms with Crippen LogP contribution in [0.1, 0.15) is 47.6 Å². The zero-order valence-electron chi connectivity index (χ0n) is 19.6. The fourth-order valence-electron chi connectivity index (χ4n) is 3.95. The Balaban J connectivity index is 1.33. The van der Waals surface area contributed by atoms with E-state index in [2.05, 4.69) is 32.7 Å². The van der Waals surface area contributed by atoms with Gasteiger partial charge in [-0.3, -0.25) is 9.59 Å². The van der Waals surface area contributed by atoms with Gasteiger partial charge in [0.15, 0.2) is 0 Å². The molecule has 1 aromatic heterocycles. The van der Waals surface area contributed by atoms with E-state index in [9.17, 15) is 9.59 Å². The molecule has 0 aliphatic heterocycles. The second-order valence-corrected chi connectivity index (χ2v) is 8.69. The van der Waals surface area contributed by atoms with Crippen LogP contribution >= 0.6 is 0 Å². The Labute approximate surface area is 199 Å². The number of nitrogens with one attached hydrogen (secondary N) is 3. The number of amides is 2. The van der Waals surface area contributed by atoms with Crippen molar-refractivity contribution >= 4 is 28.5 Å². The van der Waals surface area contributed by atoms with Crippen LogP contribution in [0.3, 0.4) is 0 Å². The van der Waals surface area contributed by atoms with E-state index >= 15 is 0 Å². The van der Waals surface area contributed by atoms with Crippen molar-refractivity contribution in [1.82, 2.24) is 15.3 Å². The average molecular weight is 455 g/mol. The molecule has 0 saturated heterocycles. The molecule has 0 radical (unpaired) electrons. The van der Waals surface area contributed by atoms with Crippen molar-refractivity contribution in [2.24, 2.45) is 0 Å². The number of aryl methyl sites for hydroxylation is 3. The van der Waals surface area contributed by atoms with E-state index in [0.717, 1.165) is 48.2 Å². The van der Waals surface area contributed by atoms with E-state index in [0.29, 0.717) is 5.56 Å². The Hall–Kier alpha value is -3.93. The average Bonchev–Trinajstić information content (AvgIpc) is 3.25. The third kappa shape index (κ3) is 6.32. The van der Waals surface area contributed by atoms with Gasteiger partial charge in [0.05, 0.1) is 11.0 Å². The van der Waals surface area contributed by atoms with Gasteiger partial charge in [-0.25, -0.2) is 4.98 Å². The van der Waals surface area contributed by atoms with Crippen LogP contribution in [0, 0.1) is 0 Å². The molecule has 0 spiro atoms. The molecule has 4 rings (SSSR count). The monoisotopic (exact) mass is 454 g/mol. The molecule has 1 atom stereocenters. The minimum atomic E-state index is -0.0790. The smallest absolute Gasteiger partial charge is 0.251 e. The van der Waals surface area contributed by atoms with E-state index in [1.165, 1.54) is 18.1 Å². The Bertz CT molecular complexity index is 1260. The Morgan fingerprint density at radius 3 is 2.38 bits per heavy atom. The van der Waals surface area contributed by atoms with Crippen LogP contribution in [0.15, 0.2) is 72.8 Å². The zero-order valence-corrected chi connectivity index (χ0v) is 19.6. The van der Waals surface area contributed by atoms with Crippen molar-refractivity contribution in [1.29, 1.82) is 0 Å². The summed E-state index contributed by atoms with van der Waals surface area (Å²) in [7, 11) is 0. The second kappa shape index (κ2) is 10.8. The molecule has 6 nitrogen and oxygen atoms in total. The normalized spacial score (nSPS) is 11.8. The van der Waals surface area contributed by atoms with Crippen molar-refractivity contribution in [2.75, 3.05) is 5.32 Å². The third-order valence-corrected chi connectivity index (χ3v) is 5.80. The van der Waals surface area contributed by atoms with Gasteiger partial charge in [-0.15, -0.1) is 0 Å². The SMILES string of the molecule is CC(=O)Nc1ccc(CCc2nc3ccc(C(=O)N[C@@H](C)CCc4ccccc4)cc3[nH]2)cc1. The Morgan fingerprint density at radius 1 is 0.912 bits per heavy atom. The van der Waals surface area contributed by atoms with E-state index in [1.54, 1.807) is 0 Å². The van der Waals surface area contributed by atoms with Crippen LogP contribution in [-0.2, 0) is 24.1 Å². The van der Waals surface area contributed by atoms with Crippen molar-refractivity contribution in [3.63, 3.8) is 0 Å². The highest BCUT2D eigenvalue weighted by Gasteiger charge is 2.12. The first-order chi connectivity index (χ1) is 16.5. The molecule has 2 amide bonds. The van der Waals surface area contributed by atoms with Crippen LogP contribution in [0.2, 0.25) is 0 Å². The van der Waals surface area contributed by atoms with Gasteiger partial charge in [0.25, 0.3) is 5.91 Å². The first-order valence-electron chi connectivity index (χ1n) is 11.7. The summed E-state index contributed by atoms with van der Waals surface area (Å²) in [5.74, 6) is 0.734. The largest absolute Gasteiger partial charge is 0.350 e. The molecule has 6 heteroatoms. The number of carbonyl (C=O) groups is 2. The van der Waals surface area contributed by atoms with Gasteiger partial charge in [0, 0.05) is 30.6 Å². The number of carbonyl (C=O) groups excluding carboxylic acids is 2. The second-order valence-electron chi connectivity index (χ2n) is 8.69. The lowest BCUT2D eigenvalue weighted by Gasteiger charge is -2.14. The third-order valence-electron chi connectivity index (χ3n) is 5.80. The number of aromatic nitrogens is 2. The lowest BCUT2D eigenvalue weighted by Crippen LogP contribution is -2.32. The standard InChI is InChI=1S/C28H30N4O2/c1-19(8-9-21-6-4-3-5-7-21)29-28(34)23-13-16-25-26(18-23)32-27(31-25)17-12-22-10-14-24(15-11-22)30-20(2)33/h3-7,10-11,13-16,18-19H,8-9,12,17H2,1-2H3,(H,29,34)(H,30,33)(H,31,32)/t19-/m0/s1. The molecule has 0 aliphatic carbocycles. The summed E-state index contributed by atoms with van der Waals surface area (Å²) < 4.78 is 0. The number of imidazole rings is 1. The quantitative estimate of drug-likeness (QED) is 0.330. The summed E-state index contributed by atoms with van der Waals surface area (Å²) in [5, 5.41) is 5.88. The molecule has 1 heterocycles. The minimum absolute atomic E-state index is 0.0714. The summed E-state index contributed by atoms with van der Waals surface area (Å²) in [6.07, 6.45) is 3.40. The minimum Gasteiger partial charge on any atom is -0.350 e. The van der Waals surface area contributed by atoms with Gasteiger partial charge >= 0.3 is 0 Å². The van der Waals surface area contributed by atoms with Crippen molar-refractivity contribution in [3.8, 4) is 0 Å². The molecule has 3 aromatic carbocycles. The summed E-state index contributed by atoms with van der Waals surface area (Å²) >= 11 is 0. The predicted molar refractivity (Wildman–Crippen MR) is 136 cm³/mol. The molecule has 0 saturated carbocycles. The van der Waals surface area contributed by atoms with E-state index in [1.807, 2.05) is 67.6 Å². The van der Waals surface area contributed by atoms with Crippen LogP contribution < -0.4 is 10.6 Å². The van der Waals surface area contributed by atoms with E-state index in [-0.39, 0.29) is 17.9 Å². The number of anilines is 1. The number of H-pyrrole nitrogens is 1. The molecule has 174 valence electrons. The van der Waals surface area contributed by atoms with Crippen molar-refractivity contribution in [3.05, 3.63) is 95.3 Å². The predicted octanol–water partition coefficient (Wildman–Crippen LogP) is 5.06. The van der Waals surface area contributed by atoms with Crippen LogP contribution in [0.25, 0.3) is 11.0 Å². The van der Waals surface area contributed by atoms with Crippen molar-refractivity contribution in [2.45, 2.75) is 45.6 Å². The molecule has 3 N–H and O–H groups in total. The van der Waals surface area contributed by atoms with Crippen LogP contribution in [0.5, 0.6) is 0 Å². The number of nitrogens with zero attached hydrogens (tertiary/aromatic N) is 1. The highest BCUT2D eigenvalue weighted by molar-refractivity contribution is 5.97. The Morgan fingerprint density at radius 2 is 1.65 bits per heavy atom. The zero-order chi connectivity index (χ0) is 23.9. The summed E-state index contributed by atoms with van der Waals surface area (Å²) in [4.78, 5) is 31.9. The van der Waals surface area contributed by atoms with Crippen molar-refractivity contribution < 1.29 is 9.59 Å². The molecule has 0 unspecified atom stereocenters. The number of benzene rings is 3. The highest BCUT2D eigenvalue weighted by Crippen LogP contribution is 2.17. The van der Waals surface area contributed by atoms with Gasteiger partial charge in [-0.2, -0.15) is 0 Å². The number of hydrogen-bond acceptors (Lipinski definition) is 3. The fourth-order valence-corrected chi connectivity index (χ4v) is 3.95. The maximum Gasteiger partial charge on any atom is 0.251 e. The molecule has 0 aliphatic rings. The van der Waals surface area contributed by atoms with Gasteiger partial charge in [0.2, 0.25) is 5.91 Å². The lowest BCUT2D eigenvalue weighted by atomic mass is 10.1. The molecule has 34 heavy (non-hydrogen) atoms. The molecule has 4 aromatic rings. The number of fused-ring (bicyclic) bond motifs is 1. The summed E-state index contributed by atoms with van der Waals surface area (Å²) in [5.41, 5.74) is 5.58. The van der Waals surface area contributed by atoms with E-state index < -0.39 is 0 Å². The first kappa shape index (κ1) is 23.2. The van der Waals surface area contributed by atoms with Crippen LogP contribution in [0.4, 0.5) is 5.69 Å². The number of rotatable bonds is 9. The first-order valence-corrected chi connectivity index (χ1v) is 11.7. The summed E-state index contributed by atoms with van der Waals surface area (Å²) in [6, 6.07) is 23.8. The van der Waals surface area contributed by atoms with E-state index in [4.69, 9.17) is 0 Å². The summed E-state index contributed by atoms with van der Waals surface area (Å²) in [6.45, 7) is 3.54. The Kier molecular flexibility index (Phi) is 7.38. The topological polar surface area (TPSA) is 86.9 Å². The maximum absolute atomic E-state index is 12.8. The fraction of sp³-hybridized carbons (Fsp3) is 0.250. The lowest BCUT2D eigenvalue weighted by molar-refractivity contribution is -0.114. The van der Waals surface area contributed by atoms with Gasteiger partial charge in [-0.05, 0) is 67.6 Å². The van der Waals surface area contributed by atoms with Gasteiger partial charge < -0.3 is 15.6 Å². The van der Waals surface area contributed by atoms with Crippen LogP contribution in [-0.4, -0.2) is 27.8 Å². The highest BCUT2D eigenvalue weighted by atomic mass is 16.2. The maximum atomic E-state index is 12.8. The molecular weight excluding hydrogens is 424 g/mol. The number of hydrogen-bond donors (Lipinski definition) is 3. The van der Waals surface area contributed by atoms with Gasteiger partial charge in [0.1, 0.15) is 5.82 Å². The number of aromatic amines is 1. The molecule has 0 bridgehead atoms. The molecular formula is C28H30N4O2.